The van der Waals surface area contributed by atoms with Gasteiger partial charge in [0.05, 0.1) is 0 Å². The predicted octanol–water partition coefficient (Wildman–Crippen LogP) is 5.87. The zero-order chi connectivity index (χ0) is 35.6. The molecule has 1 fully saturated rings. The fourth-order valence-corrected chi connectivity index (χ4v) is 5.18. The second kappa shape index (κ2) is 16.4. The van der Waals surface area contributed by atoms with E-state index in [2.05, 4.69) is 5.32 Å². The van der Waals surface area contributed by atoms with E-state index in [0.717, 1.165) is 11.1 Å². The highest BCUT2D eigenvalue weighted by atomic mass is 19.4. The highest BCUT2D eigenvalue weighted by molar-refractivity contribution is 5.86. The van der Waals surface area contributed by atoms with E-state index in [1.807, 2.05) is 41.7 Å². The molecule has 1 saturated heterocycles. The number of alkyl carbamates (subject to hydrolysis) is 1. The van der Waals surface area contributed by atoms with Crippen molar-refractivity contribution in [2.45, 2.75) is 76.9 Å². The zero-order valence-electron chi connectivity index (χ0n) is 27.5. The topological polar surface area (TPSA) is 123 Å². The number of nitrogens with one attached hydrogen (secondary N) is 2. The molecular weight excluding hydrogens is 643 g/mol. The molecule has 0 saturated carbocycles. The van der Waals surface area contributed by atoms with Crippen LogP contribution in [0.25, 0.3) is 0 Å². The Morgan fingerprint density at radius 2 is 1.47 bits per heavy atom. The molecule has 13 heteroatoms. The van der Waals surface area contributed by atoms with Crippen LogP contribution in [0.15, 0.2) is 78.9 Å². The molecular formula is C36H40F3N3O7. The number of carbonyl (C=O) groups excluding carboxylic acids is 4. The van der Waals surface area contributed by atoms with Crippen LogP contribution >= 0.6 is 0 Å². The molecule has 0 spiro atoms. The number of halogens is 3. The van der Waals surface area contributed by atoms with Gasteiger partial charge < -0.3 is 29.7 Å². The first-order valence-electron chi connectivity index (χ1n) is 15.8. The lowest BCUT2D eigenvalue weighted by Gasteiger charge is -2.26. The number of esters is 1. The Balaban J connectivity index is 1.46. The molecule has 262 valence electrons. The van der Waals surface area contributed by atoms with Gasteiger partial charge in [0.15, 0.2) is 0 Å². The Bertz CT molecular complexity index is 1610. The first-order valence-corrected chi connectivity index (χ1v) is 15.8. The number of carbonyl (C=O) groups is 4. The van der Waals surface area contributed by atoms with Crippen molar-refractivity contribution in [1.82, 2.24) is 15.5 Å². The van der Waals surface area contributed by atoms with Crippen LogP contribution in [0.2, 0.25) is 0 Å². The van der Waals surface area contributed by atoms with Gasteiger partial charge in [0, 0.05) is 25.8 Å². The molecule has 2 N–H and O–H groups in total. The molecule has 1 unspecified atom stereocenters. The molecule has 10 nitrogen and oxygen atoms in total. The molecule has 3 amide bonds. The summed E-state index contributed by atoms with van der Waals surface area (Å²) in [6.45, 7) is 3.82. The average Bonchev–Trinajstić information content (AvgIpc) is 3.46. The lowest BCUT2D eigenvalue weighted by molar-refractivity contribution is -0.154. The molecule has 4 rings (SSSR count). The van der Waals surface area contributed by atoms with Gasteiger partial charge in [0.25, 0.3) is 0 Å². The Labute approximate surface area is 282 Å². The maximum atomic E-state index is 13.3. The predicted molar refractivity (Wildman–Crippen MR) is 174 cm³/mol. The summed E-state index contributed by atoms with van der Waals surface area (Å²) < 4.78 is 55.3. The molecule has 0 radical (unpaired) electrons. The standard InChI is InChI=1S/C36H40F3N3O7/c1-35(2,3)49-34(46)41-29(32(44)40-23-36(37,38)39)20-25-12-7-14-27(18-25)48-28-15-8-13-26(19-28)21-30(42-17-9-16-31(42)43)33(45)47-22-24-10-5-4-6-11-24/h4-8,10-15,18-19,29-30H,9,16-17,20-23H2,1-3H3,(H,40,44)(H,41,46)/t29?,30-/m0/s1. The molecule has 49 heavy (non-hydrogen) atoms. The van der Waals surface area contributed by atoms with Gasteiger partial charge in [0.2, 0.25) is 11.8 Å². The third kappa shape index (κ3) is 12.2. The maximum Gasteiger partial charge on any atom is 0.408 e. The summed E-state index contributed by atoms with van der Waals surface area (Å²) in [7, 11) is 0. The average molecular weight is 684 g/mol. The summed E-state index contributed by atoms with van der Waals surface area (Å²) in [4.78, 5) is 52.6. The van der Waals surface area contributed by atoms with Crippen molar-refractivity contribution in [2.75, 3.05) is 13.1 Å². The van der Waals surface area contributed by atoms with Gasteiger partial charge in [-0.2, -0.15) is 13.2 Å². The number of ether oxygens (including phenoxy) is 3. The van der Waals surface area contributed by atoms with Crippen molar-refractivity contribution in [1.29, 1.82) is 0 Å². The number of nitrogens with zero attached hydrogens (tertiary/aromatic N) is 1. The van der Waals surface area contributed by atoms with Crippen molar-refractivity contribution in [3.05, 3.63) is 95.6 Å². The first kappa shape index (κ1) is 36.8. The van der Waals surface area contributed by atoms with Gasteiger partial charge in [0.1, 0.15) is 42.3 Å². The number of hydrogen-bond donors (Lipinski definition) is 2. The number of alkyl halides is 3. The fraction of sp³-hybridized carbons (Fsp3) is 0.389. The van der Waals surface area contributed by atoms with Crippen molar-refractivity contribution in [2.24, 2.45) is 0 Å². The molecule has 1 aliphatic rings. The summed E-state index contributed by atoms with van der Waals surface area (Å²) in [6.07, 6.45) is -4.54. The largest absolute Gasteiger partial charge is 0.459 e. The second-order valence-corrected chi connectivity index (χ2v) is 12.6. The van der Waals surface area contributed by atoms with Crippen molar-refractivity contribution in [3.8, 4) is 11.5 Å². The zero-order valence-corrected chi connectivity index (χ0v) is 27.5. The molecule has 0 aliphatic carbocycles. The van der Waals surface area contributed by atoms with Gasteiger partial charge in [-0.05, 0) is 68.1 Å². The van der Waals surface area contributed by atoms with Gasteiger partial charge in [-0.3, -0.25) is 9.59 Å². The molecule has 1 heterocycles. The third-order valence-corrected chi connectivity index (χ3v) is 7.35. The van der Waals surface area contributed by atoms with E-state index < -0.39 is 48.4 Å². The smallest absolute Gasteiger partial charge is 0.408 e. The minimum absolute atomic E-state index is 0.0792. The number of likely N-dealkylation sites (tertiary alicyclic amines) is 1. The Morgan fingerprint density at radius 3 is 2.04 bits per heavy atom. The molecule has 0 bridgehead atoms. The van der Waals surface area contributed by atoms with Crippen LogP contribution in [0.5, 0.6) is 11.5 Å². The second-order valence-electron chi connectivity index (χ2n) is 12.6. The van der Waals surface area contributed by atoms with Crippen molar-refractivity contribution < 1.29 is 46.6 Å². The minimum atomic E-state index is -4.64. The molecule has 3 aromatic carbocycles. The van der Waals surface area contributed by atoms with E-state index in [1.54, 1.807) is 68.1 Å². The fourth-order valence-electron chi connectivity index (χ4n) is 5.18. The molecule has 1 aliphatic heterocycles. The lowest BCUT2D eigenvalue weighted by atomic mass is 10.0. The normalized spacial score (nSPS) is 14.5. The monoisotopic (exact) mass is 683 g/mol. The highest BCUT2D eigenvalue weighted by Gasteiger charge is 2.34. The summed E-state index contributed by atoms with van der Waals surface area (Å²) in [6, 6.07) is 20.6. The quantitative estimate of drug-likeness (QED) is 0.216. The number of amides is 3. The van der Waals surface area contributed by atoms with E-state index >= 15 is 0 Å². The number of benzene rings is 3. The number of hydrogen-bond acceptors (Lipinski definition) is 7. The maximum absolute atomic E-state index is 13.3. The van der Waals surface area contributed by atoms with Crippen LogP contribution < -0.4 is 15.4 Å². The van der Waals surface area contributed by atoms with Gasteiger partial charge in [-0.1, -0.05) is 54.6 Å². The van der Waals surface area contributed by atoms with E-state index in [9.17, 15) is 32.3 Å². The van der Waals surface area contributed by atoms with Crippen molar-refractivity contribution in [3.63, 3.8) is 0 Å². The summed E-state index contributed by atoms with van der Waals surface area (Å²) in [5.74, 6) is -0.875. The van der Waals surface area contributed by atoms with E-state index in [0.29, 0.717) is 36.4 Å². The van der Waals surface area contributed by atoms with E-state index in [1.165, 1.54) is 0 Å². The molecule has 0 aromatic heterocycles. The van der Waals surface area contributed by atoms with Crippen LogP contribution in [0.1, 0.15) is 50.3 Å². The van der Waals surface area contributed by atoms with Crippen molar-refractivity contribution >= 4 is 23.9 Å². The van der Waals surface area contributed by atoms with Gasteiger partial charge in [-0.15, -0.1) is 0 Å². The SMILES string of the molecule is CC(C)(C)OC(=O)NC(Cc1cccc(Oc2cccc(C[C@@H](C(=O)OCc3ccccc3)N3CCCC3=O)c2)c1)C(=O)NCC(F)(F)F. The summed E-state index contributed by atoms with van der Waals surface area (Å²) in [5.41, 5.74) is 1.14. The minimum Gasteiger partial charge on any atom is -0.459 e. The number of rotatable bonds is 13. The van der Waals surface area contributed by atoms with E-state index in [-0.39, 0.29) is 25.4 Å². The molecule has 3 aromatic rings. The van der Waals surface area contributed by atoms with Gasteiger partial charge in [-0.25, -0.2) is 9.59 Å². The van der Waals surface area contributed by atoms with Gasteiger partial charge >= 0.3 is 18.2 Å². The van der Waals surface area contributed by atoms with Crippen LogP contribution in [0.3, 0.4) is 0 Å². The van der Waals surface area contributed by atoms with Crippen LogP contribution in [-0.4, -0.2) is 65.7 Å². The lowest BCUT2D eigenvalue weighted by Crippen LogP contribution is -2.50. The Kier molecular flexibility index (Phi) is 12.3. The Morgan fingerprint density at radius 1 is 0.857 bits per heavy atom. The summed E-state index contributed by atoms with van der Waals surface area (Å²) in [5, 5.41) is 4.17. The van der Waals surface area contributed by atoms with E-state index in [4.69, 9.17) is 14.2 Å². The Hall–Kier alpha value is -5.07. The van der Waals surface area contributed by atoms with Crippen LogP contribution in [0.4, 0.5) is 18.0 Å². The molecule has 2 atom stereocenters. The summed E-state index contributed by atoms with van der Waals surface area (Å²) >= 11 is 0. The van der Waals surface area contributed by atoms with Crippen LogP contribution in [-0.2, 0) is 43.3 Å². The third-order valence-electron chi connectivity index (χ3n) is 7.35. The van der Waals surface area contributed by atoms with Crippen LogP contribution in [0, 0.1) is 0 Å². The first-order chi connectivity index (χ1) is 23.1. The highest BCUT2D eigenvalue weighted by Crippen LogP contribution is 2.26.